The van der Waals surface area contributed by atoms with E-state index >= 15 is 0 Å². The van der Waals surface area contributed by atoms with Crippen molar-refractivity contribution in [1.29, 1.82) is 0 Å². The molecule has 4 nitrogen and oxygen atoms in total. The van der Waals surface area contributed by atoms with Gasteiger partial charge in [-0.2, -0.15) is 0 Å². The van der Waals surface area contributed by atoms with Crippen molar-refractivity contribution in [3.8, 4) is 5.75 Å². The Balaban J connectivity index is 1.93. The lowest BCUT2D eigenvalue weighted by Gasteiger charge is -2.25. The van der Waals surface area contributed by atoms with Gasteiger partial charge in [0.25, 0.3) is 0 Å². The summed E-state index contributed by atoms with van der Waals surface area (Å²) in [5.41, 5.74) is 0.817. The molecule has 2 heterocycles. The van der Waals surface area contributed by atoms with Gasteiger partial charge in [0.05, 0.1) is 5.02 Å². The summed E-state index contributed by atoms with van der Waals surface area (Å²) in [5.74, 6) is 0.594. The van der Waals surface area contributed by atoms with Gasteiger partial charge < -0.3 is 14.8 Å². The van der Waals surface area contributed by atoms with Crippen LogP contribution in [0.2, 0.25) is 5.02 Å². The molecule has 0 radical (unpaired) electrons. The van der Waals surface area contributed by atoms with Crippen molar-refractivity contribution in [2.24, 2.45) is 0 Å². The van der Waals surface area contributed by atoms with Gasteiger partial charge in [-0.05, 0) is 24.3 Å². The Morgan fingerprint density at radius 2 is 2.27 bits per heavy atom. The summed E-state index contributed by atoms with van der Waals surface area (Å²) in [6, 6.07) is 7.71. The molecule has 0 spiro atoms. The quantitative estimate of drug-likeness (QED) is 0.937. The lowest BCUT2D eigenvalue weighted by molar-refractivity contribution is 0.108. The van der Waals surface area contributed by atoms with Crippen LogP contribution in [-0.2, 0) is 4.74 Å². The van der Waals surface area contributed by atoms with Crippen LogP contribution >= 0.6 is 11.6 Å². The number of aromatic nitrogens is 1. The third kappa shape index (κ3) is 3.31. The molecular weight excluding hydrogens is 307 g/mol. The first-order valence-corrected chi connectivity index (χ1v) is 7.20. The summed E-state index contributed by atoms with van der Waals surface area (Å²) in [5, 5.41) is 3.32. The van der Waals surface area contributed by atoms with Crippen LogP contribution in [0.1, 0.15) is 11.7 Å². The van der Waals surface area contributed by atoms with E-state index in [4.69, 9.17) is 21.1 Å². The zero-order valence-electron chi connectivity index (χ0n) is 11.6. The van der Waals surface area contributed by atoms with Gasteiger partial charge in [0.1, 0.15) is 18.2 Å². The predicted octanol–water partition coefficient (Wildman–Crippen LogP) is 3.46. The zero-order valence-corrected chi connectivity index (χ0v) is 12.4. The van der Waals surface area contributed by atoms with Crippen LogP contribution in [-0.4, -0.2) is 18.1 Å². The molecule has 3 rings (SSSR count). The Bertz CT molecular complexity index is 679. The number of benzene rings is 1. The highest BCUT2D eigenvalue weighted by Gasteiger charge is 2.23. The molecule has 0 saturated heterocycles. The maximum atomic E-state index is 13.2. The molecule has 0 saturated carbocycles. The molecule has 0 amide bonds. The van der Waals surface area contributed by atoms with Crippen LogP contribution in [0.25, 0.3) is 0 Å². The molecule has 1 atom stereocenters. The van der Waals surface area contributed by atoms with Crippen molar-refractivity contribution >= 4 is 11.6 Å². The summed E-state index contributed by atoms with van der Waals surface area (Å²) < 4.78 is 24.8. The van der Waals surface area contributed by atoms with Crippen molar-refractivity contribution in [2.45, 2.75) is 6.10 Å². The van der Waals surface area contributed by atoms with Crippen LogP contribution in [0.4, 0.5) is 4.39 Å². The fraction of sp³-hybridized carbons (Fsp3) is 0.188. The monoisotopic (exact) mass is 320 g/mol. The SMILES string of the molecule is Fc1ccc(OC(C2=CNCCO2)c2cccnc2)c(Cl)c1. The molecule has 1 aliphatic rings. The maximum absolute atomic E-state index is 13.2. The van der Waals surface area contributed by atoms with Gasteiger partial charge in [-0.15, -0.1) is 0 Å². The number of pyridine rings is 1. The Morgan fingerprint density at radius 1 is 1.36 bits per heavy atom. The number of hydrogen-bond acceptors (Lipinski definition) is 4. The van der Waals surface area contributed by atoms with E-state index in [2.05, 4.69) is 10.3 Å². The van der Waals surface area contributed by atoms with E-state index < -0.39 is 11.9 Å². The van der Waals surface area contributed by atoms with Crippen LogP contribution < -0.4 is 10.1 Å². The van der Waals surface area contributed by atoms with E-state index in [1.165, 1.54) is 18.2 Å². The summed E-state index contributed by atoms with van der Waals surface area (Å²) in [4.78, 5) is 4.10. The van der Waals surface area contributed by atoms with Gasteiger partial charge in [-0.1, -0.05) is 17.7 Å². The van der Waals surface area contributed by atoms with E-state index in [0.29, 0.717) is 18.1 Å². The predicted molar refractivity (Wildman–Crippen MR) is 81.1 cm³/mol. The third-order valence-corrected chi connectivity index (χ3v) is 3.44. The van der Waals surface area contributed by atoms with Gasteiger partial charge in [0, 0.05) is 30.7 Å². The third-order valence-electron chi connectivity index (χ3n) is 3.14. The average Bonchev–Trinajstić information content (AvgIpc) is 2.56. The first kappa shape index (κ1) is 14.7. The second kappa shape index (κ2) is 6.66. The minimum atomic E-state index is -0.510. The Labute approximate surface area is 132 Å². The van der Waals surface area contributed by atoms with Crippen molar-refractivity contribution in [3.63, 3.8) is 0 Å². The van der Waals surface area contributed by atoms with Crippen LogP contribution in [0.5, 0.6) is 5.75 Å². The molecule has 114 valence electrons. The molecule has 22 heavy (non-hydrogen) atoms. The van der Waals surface area contributed by atoms with Gasteiger partial charge >= 0.3 is 0 Å². The molecule has 2 aromatic rings. The first-order chi connectivity index (χ1) is 10.7. The summed E-state index contributed by atoms with van der Waals surface area (Å²) in [6.07, 6.45) is 4.63. The van der Waals surface area contributed by atoms with Crippen LogP contribution in [0, 0.1) is 5.82 Å². The number of hydrogen-bond donors (Lipinski definition) is 1. The highest BCUT2D eigenvalue weighted by molar-refractivity contribution is 6.32. The fourth-order valence-electron chi connectivity index (χ4n) is 2.11. The standard InChI is InChI=1S/C16H14ClFN2O2/c17-13-8-12(18)3-4-14(13)22-16(11-2-1-5-19-9-11)15-10-20-6-7-21-15/h1-5,8-10,16,20H,6-7H2. The number of ether oxygens (including phenoxy) is 2. The van der Waals surface area contributed by atoms with Crippen molar-refractivity contribution in [2.75, 3.05) is 13.2 Å². The lowest BCUT2D eigenvalue weighted by atomic mass is 10.1. The number of nitrogens with zero attached hydrogens (tertiary/aromatic N) is 1. The summed E-state index contributed by atoms with van der Waals surface area (Å²) >= 11 is 6.04. The molecular formula is C16H14ClFN2O2. The first-order valence-electron chi connectivity index (χ1n) is 6.82. The van der Waals surface area contributed by atoms with Crippen molar-refractivity contribution < 1.29 is 13.9 Å². The molecule has 1 unspecified atom stereocenters. The lowest BCUT2D eigenvalue weighted by Crippen LogP contribution is -2.25. The highest BCUT2D eigenvalue weighted by atomic mass is 35.5. The second-order valence-electron chi connectivity index (χ2n) is 4.71. The largest absolute Gasteiger partial charge is 0.490 e. The molecule has 0 fully saturated rings. The molecule has 1 N–H and O–H groups in total. The van der Waals surface area contributed by atoms with E-state index in [1.54, 1.807) is 18.6 Å². The molecule has 1 aromatic carbocycles. The number of halogens is 2. The average molecular weight is 321 g/mol. The normalized spacial score (nSPS) is 15.3. The summed E-state index contributed by atoms with van der Waals surface area (Å²) in [6.45, 7) is 1.28. The fourth-order valence-corrected chi connectivity index (χ4v) is 2.32. The van der Waals surface area contributed by atoms with E-state index in [9.17, 15) is 4.39 Å². The van der Waals surface area contributed by atoms with Gasteiger partial charge in [-0.25, -0.2) is 4.39 Å². The molecule has 0 bridgehead atoms. The molecule has 6 heteroatoms. The summed E-state index contributed by atoms with van der Waals surface area (Å²) in [7, 11) is 0. The Morgan fingerprint density at radius 3 is 2.95 bits per heavy atom. The Kier molecular flexibility index (Phi) is 4.44. The molecule has 0 aliphatic carbocycles. The topological polar surface area (TPSA) is 43.4 Å². The minimum absolute atomic E-state index is 0.207. The van der Waals surface area contributed by atoms with Crippen molar-refractivity contribution in [1.82, 2.24) is 10.3 Å². The van der Waals surface area contributed by atoms with E-state index in [0.717, 1.165) is 12.1 Å². The van der Waals surface area contributed by atoms with Crippen LogP contribution in [0.3, 0.4) is 0 Å². The van der Waals surface area contributed by atoms with Crippen molar-refractivity contribution in [3.05, 3.63) is 71.1 Å². The smallest absolute Gasteiger partial charge is 0.183 e. The zero-order chi connectivity index (χ0) is 15.4. The van der Waals surface area contributed by atoms with Gasteiger partial charge in [0.2, 0.25) is 0 Å². The molecule has 1 aliphatic heterocycles. The highest BCUT2D eigenvalue weighted by Crippen LogP contribution is 2.33. The molecule has 1 aromatic heterocycles. The second-order valence-corrected chi connectivity index (χ2v) is 5.12. The van der Waals surface area contributed by atoms with E-state index in [1.807, 2.05) is 12.1 Å². The van der Waals surface area contributed by atoms with Gasteiger partial charge in [0.15, 0.2) is 11.9 Å². The Hall–Kier alpha value is -2.27. The van der Waals surface area contributed by atoms with E-state index in [-0.39, 0.29) is 5.02 Å². The van der Waals surface area contributed by atoms with Gasteiger partial charge in [-0.3, -0.25) is 4.98 Å². The maximum Gasteiger partial charge on any atom is 0.183 e. The minimum Gasteiger partial charge on any atom is -0.490 e. The number of nitrogens with one attached hydrogen (secondary N) is 1. The van der Waals surface area contributed by atoms with Crippen LogP contribution in [0.15, 0.2) is 54.7 Å². The number of rotatable bonds is 4.